The van der Waals surface area contributed by atoms with Crippen molar-refractivity contribution in [3.63, 3.8) is 0 Å². The van der Waals surface area contributed by atoms with Gasteiger partial charge in [0, 0.05) is 24.3 Å². The molecule has 1 aliphatic carbocycles. The van der Waals surface area contributed by atoms with E-state index in [0.717, 1.165) is 10.9 Å². The molecule has 0 saturated heterocycles. The number of fused-ring (bicyclic) bond motifs is 1. The second-order valence-corrected chi connectivity index (χ2v) is 4.41. The third-order valence-electron chi connectivity index (χ3n) is 2.33. The third-order valence-corrected chi connectivity index (χ3v) is 2.78. The lowest BCUT2D eigenvalue weighted by molar-refractivity contribution is 1.10. The van der Waals surface area contributed by atoms with Crippen LogP contribution in [0, 0.1) is 0 Å². The summed E-state index contributed by atoms with van der Waals surface area (Å²) in [5.74, 6) is 0. The Morgan fingerprint density at radius 3 is 2.77 bits per heavy atom. The highest BCUT2D eigenvalue weighted by molar-refractivity contribution is 9.10. The Hall–Kier alpha value is -0.760. The molecule has 0 bridgehead atoms. The number of hydrogen-bond donors (Lipinski definition) is 0. The molecule has 0 unspecified atom stereocenters. The van der Waals surface area contributed by atoms with Crippen LogP contribution in [0.5, 0.6) is 0 Å². The number of nitrogens with zero attached hydrogens (tertiary/aromatic N) is 1. The predicted molar refractivity (Wildman–Crippen MR) is 61.2 cm³/mol. The number of benzene rings is 1. The summed E-state index contributed by atoms with van der Waals surface area (Å²) in [6, 6.07) is 4.34. The lowest BCUT2D eigenvalue weighted by atomic mass is 10.1. The fourth-order valence-electron chi connectivity index (χ4n) is 1.72. The Morgan fingerprint density at radius 2 is 2.08 bits per heavy atom. The lowest BCUT2D eigenvalue weighted by Crippen LogP contribution is -2.11. The molecular formula is C11H12BrN. The van der Waals surface area contributed by atoms with Gasteiger partial charge in [-0.1, -0.05) is 28.1 Å². The van der Waals surface area contributed by atoms with Gasteiger partial charge in [0.25, 0.3) is 0 Å². The molecule has 1 aromatic carbocycles. The van der Waals surface area contributed by atoms with Crippen LogP contribution in [0.4, 0.5) is 5.69 Å². The van der Waals surface area contributed by atoms with Gasteiger partial charge in [-0.2, -0.15) is 0 Å². The van der Waals surface area contributed by atoms with Crippen molar-refractivity contribution in [3.05, 3.63) is 33.8 Å². The minimum atomic E-state index is 1.07. The molecule has 2 rings (SSSR count). The zero-order chi connectivity index (χ0) is 9.42. The van der Waals surface area contributed by atoms with Gasteiger partial charge in [-0.15, -0.1) is 0 Å². The van der Waals surface area contributed by atoms with Gasteiger partial charge in [0.05, 0.1) is 0 Å². The van der Waals surface area contributed by atoms with Crippen LogP contribution in [0.3, 0.4) is 0 Å². The molecule has 0 N–H and O–H groups in total. The molecule has 0 atom stereocenters. The Balaban J connectivity index is 2.59. The average Bonchev–Trinajstić information content (AvgIpc) is 2.49. The van der Waals surface area contributed by atoms with Gasteiger partial charge in [-0.25, -0.2) is 0 Å². The first-order valence-corrected chi connectivity index (χ1v) is 5.14. The largest absolute Gasteiger partial charge is 0.377 e. The zero-order valence-corrected chi connectivity index (χ0v) is 9.43. The van der Waals surface area contributed by atoms with Crippen molar-refractivity contribution >= 4 is 27.7 Å². The summed E-state index contributed by atoms with van der Waals surface area (Å²) in [5.41, 5.74) is 4.10. The van der Waals surface area contributed by atoms with Gasteiger partial charge in [0.2, 0.25) is 0 Å². The first-order valence-electron chi connectivity index (χ1n) is 4.35. The van der Waals surface area contributed by atoms with E-state index in [1.165, 1.54) is 16.8 Å². The molecule has 0 spiro atoms. The highest BCUT2D eigenvalue weighted by atomic mass is 79.9. The van der Waals surface area contributed by atoms with Crippen LogP contribution >= 0.6 is 15.9 Å². The first-order chi connectivity index (χ1) is 6.18. The highest BCUT2D eigenvalue weighted by Crippen LogP contribution is 2.32. The summed E-state index contributed by atoms with van der Waals surface area (Å²) < 4.78 is 1.15. The van der Waals surface area contributed by atoms with E-state index in [2.05, 4.69) is 59.2 Å². The van der Waals surface area contributed by atoms with Gasteiger partial charge >= 0.3 is 0 Å². The summed E-state index contributed by atoms with van der Waals surface area (Å²) in [6.45, 7) is 0. The van der Waals surface area contributed by atoms with Crippen LogP contribution in [0.25, 0.3) is 6.08 Å². The van der Waals surface area contributed by atoms with Crippen LogP contribution in [0.1, 0.15) is 11.1 Å². The zero-order valence-electron chi connectivity index (χ0n) is 7.84. The van der Waals surface area contributed by atoms with Gasteiger partial charge in [-0.05, 0) is 29.7 Å². The summed E-state index contributed by atoms with van der Waals surface area (Å²) >= 11 is 3.52. The van der Waals surface area contributed by atoms with E-state index in [9.17, 15) is 0 Å². The van der Waals surface area contributed by atoms with E-state index in [0.29, 0.717) is 0 Å². The molecule has 0 amide bonds. The SMILES string of the molecule is CN(C)c1cc(Br)cc2c1CC=C2. The van der Waals surface area contributed by atoms with Crippen molar-refractivity contribution in [1.82, 2.24) is 0 Å². The normalized spacial score (nSPS) is 13.2. The number of hydrogen-bond acceptors (Lipinski definition) is 1. The van der Waals surface area contributed by atoms with E-state index in [4.69, 9.17) is 0 Å². The fourth-order valence-corrected chi connectivity index (χ4v) is 2.18. The molecule has 1 aliphatic rings. The Labute approximate surface area is 87.2 Å². The van der Waals surface area contributed by atoms with Crippen molar-refractivity contribution in [3.8, 4) is 0 Å². The van der Waals surface area contributed by atoms with E-state index in [1.54, 1.807) is 0 Å². The number of anilines is 1. The summed E-state index contributed by atoms with van der Waals surface area (Å²) in [7, 11) is 4.17. The Morgan fingerprint density at radius 1 is 1.31 bits per heavy atom. The minimum absolute atomic E-state index is 1.07. The second-order valence-electron chi connectivity index (χ2n) is 3.49. The van der Waals surface area contributed by atoms with Gasteiger partial charge in [0.15, 0.2) is 0 Å². The summed E-state index contributed by atoms with van der Waals surface area (Å²) in [6.07, 6.45) is 5.47. The van der Waals surface area contributed by atoms with Crippen LogP contribution < -0.4 is 4.90 Å². The standard InChI is InChI=1S/C11H12BrN/c1-13(2)11-7-9(12)6-8-4-3-5-10(8)11/h3-4,6-7H,5H2,1-2H3. The van der Waals surface area contributed by atoms with Crippen molar-refractivity contribution < 1.29 is 0 Å². The average molecular weight is 238 g/mol. The molecule has 0 aromatic heterocycles. The molecule has 68 valence electrons. The molecule has 1 aromatic rings. The molecular weight excluding hydrogens is 226 g/mol. The molecule has 0 fully saturated rings. The molecule has 0 heterocycles. The van der Waals surface area contributed by atoms with Crippen LogP contribution in [0.15, 0.2) is 22.7 Å². The molecule has 0 aliphatic heterocycles. The topological polar surface area (TPSA) is 3.24 Å². The predicted octanol–water partition coefficient (Wildman–Crippen LogP) is 3.08. The van der Waals surface area contributed by atoms with Gasteiger partial charge in [0.1, 0.15) is 0 Å². The summed E-state index contributed by atoms with van der Waals surface area (Å²) in [4.78, 5) is 2.16. The van der Waals surface area contributed by atoms with Gasteiger partial charge < -0.3 is 4.90 Å². The van der Waals surface area contributed by atoms with Crippen molar-refractivity contribution in [2.45, 2.75) is 6.42 Å². The lowest BCUT2D eigenvalue weighted by Gasteiger charge is -2.17. The van der Waals surface area contributed by atoms with Crippen LogP contribution in [0.2, 0.25) is 0 Å². The van der Waals surface area contributed by atoms with E-state index >= 15 is 0 Å². The number of rotatable bonds is 1. The van der Waals surface area contributed by atoms with Crippen LogP contribution in [-0.4, -0.2) is 14.1 Å². The summed E-state index contributed by atoms with van der Waals surface area (Å²) in [5, 5.41) is 0. The number of halogens is 1. The van der Waals surface area contributed by atoms with Crippen molar-refractivity contribution in [1.29, 1.82) is 0 Å². The molecule has 1 nitrogen and oxygen atoms in total. The fraction of sp³-hybridized carbons (Fsp3) is 0.273. The third kappa shape index (κ3) is 1.51. The molecule has 2 heteroatoms. The monoisotopic (exact) mass is 237 g/mol. The maximum Gasteiger partial charge on any atom is 0.0414 e. The highest BCUT2D eigenvalue weighted by Gasteiger charge is 2.12. The van der Waals surface area contributed by atoms with Crippen LogP contribution in [-0.2, 0) is 6.42 Å². The Kier molecular flexibility index (Phi) is 2.16. The quantitative estimate of drug-likeness (QED) is 0.726. The minimum Gasteiger partial charge on any atom is -0.377 e. The first kappa shape index (κ1) is 8.82. The number of allylic oxidation sites excluding steroid dienone is 1. The van der Waals surface area contributed by atoms with Gasteiger partial charge in [-0.3, -0.25) is 0 Å². The smallest absolute Gasteiger partial charge is 0.0414 e. The second kappa shape index (κ2) is 3.18. The molecule has 0 saturated carbocycles. The van der Waals surface area contributed by atoms with E-state index < -0.39 is 0 Å². The van der Waals surface area contributed by atoms with Crippen molar-refractivity contribution in [2.24, 2.45) is 0 Å². The maximum absolute atomic E-state index is 3.52. The molecule has 0 radical (unpaired) electrons. The Bertz CT molecular complexity index is 367. The maximum atomic E-state index is 3.52. The van der Waals surface area contributed by atoms with Crippen molar-refractivity contribution in [2.75, 3.05) is 19.0 Å². The molecule has 13 heavy (non-hydrogen) atoms. The van der Waals surface area contributed by atoms with E-state index in [-0.39, 0.29) is 0 Å². The van der Waals surface area contributed by atoms with E-state index in [1.807, 2.05) is 0 Å².